The first-order valence-electron chi connectivity index (χ1n) is 10.6. The molecule has 1 aromatic rings. The molecule has 2 unspecified atom stereocenters. The van der Waals surface area contributed by atoms with E-state index >= 15 is 0 Å². The second-order valence-corrected chi connectivity index (χ2v) is 7.87. The number of guanidine groups is 1. The number of benzene rings is 1. The third-order valence-electron chi connectivity index (χ3n) is 5.10. The maximum absolute atomic E-state index is 12.4. The molecule has 7 nitrogen and oxygen atoms in total. The fourth-order valence-electron chi connectivity index (χ4n) is 3.64. The van der Waals surface area contributed by atoms with Crippen molar-refractivity contribution in [1.82, 2.24) is 16.0 Å². The topological polar surface area (TPSA) is 95.0 Å². The molecule has 0 bridgehead atoms. The van der Waals surface area contributed by atoms with Gasteiger partial charge in [-0.15, -0.1) is 24.0 Å². The van der Waals surface area contributed by atoms with Crippen molar-refractivity contribution in [3.63, 3.8) is 0 Å². The van der Waals surface area contributed by atoms with Crippen LogP contribution in [0.3, 0.4) is 0 Å². The average molecular weight is 532 g/mol. The maximum atomic E-state index is 12.4. The SMILES string of the molecule is CCNC(=NCCc1ccc(OC)cc1O)NC1CCCC(C(=O)NC(C)C)C1.I. The Bertz CT molecular complexity index is 697. The Labute approximate surface area is 197 Å². The summed E-state index contributed by atoms with van der Waals surface area (Å²) >= 11 is 0. The number of aliphatic imine (C=N–C) groups is 1. The molecule has 0 heterocycles. The summed E-state index contributed by atoms with van der Waals surface area (Å²) in [5.74, 6) is 1.84. The number of carbonyl (C=O) groups is 1. The molecule has 1 amide bonds. The third-order valence-corrected chi connectivity index (χ3v) is 5.10. The van der Waals surface area contributed by atoms with Crippen molar-refractivity contribution in [2.75, 3.05) is 20.2 Å². The van der Waals surface area contributed by atoms with Crippen molar-refractivity contribution in [3.05, 3.63) is 23.8 Å². The summed E-state index contributed by atoms with van der Waals surface area (Å²) in [4.78, 5) is 17.0. The van der Waals surface area contributed by atoms with Gasteiger partial charge in [0.25, 0.3) is 0 Å². The quantitative estimate of drug-likeness (QED) is 0.235. The van der Waals surface area contributed by atoms with E-state index in [1.54, 1.807) is 13.2 Å². The van der Waals surface area contributed by atoms with Gasteiger partial charge in [0, 0.05) is 37.2 Å². The molecule has 1 aromatic carbocycles. The van der Waals surface area contributed by atoms with Crippen LogP contribution in [0.15, 0.2) is 23.2 Å². The summed E-state index contributed by atoms with van der Waals surface area (Å²) < 4.78 is 5.12. The summed E-state index contributed by atoms with van der Waals surface area (Å²) in [6.45, 7) is 7.34. The van der Waals surface area contributed by atoms with E-state index in [0.717, 1.165) is 43.8 Å². The summed E-state index contributed by atoms with van der Waals surface area (Å²) in [6.07, 6.45) is 4.47. The molecule has 4 N–H and O–H groups in total. The van der Waals surface area contributed by atoms with Gasteiger partial charge in [0.15, 0.2) is 5.96 Å². The van der Waals surface area contributed by atoms with Crippen LogP contribution in [0, 0.1) is 5.92 Å². The molecule has 0 radical (unpaired) electrons. The average Bonchev–Trinajstić information content (AvgIpc) is 2.69. The van der Waals surface area contributed by atoms with Gasteiger partial charge in [-0.25, -0.2) is 0 Å². The number of ether oxygens (including phenoxy) is 1. The zero-order valence-electron chi connectivity index (χ0n) is 18.5. The number of phenolic OH excluding ortho intramolecular Hbond substituents is 1. The van der Waals surface area contributed by atoms with Crippen molar-refractivity contribution in [3.8, 4) is 11.5 Å². The summed E-state index contributed by atoms with van der Waals surface area (Å²) in [6, 6.07) is 5.73. The molecule has 0 spiro atoms. The first kappa shape index (κ1) is 26.3. The van der Waals surface area contributed by atoms with Crippen LogP contribution in [0.4, 0.5) is 0 Å². The van der Waals surface area contributed by atoms with Gasteiger partial charge >= 0.3 is 0 Å². The van der Waals surface area contributed by atoms with E-state index in [4.69, 9.17) is 4.74 Å². The first-order valence-corrected chi connectivity index (χ1v) is 10.6. The van der Waals surface area contributed by atoms with E-state index < -0.39 is 0 Å². The van der Waals surface area contributed by atoms with Crippen molar-refractivity contribution in [2.24, 2.45) is 10.9 Å². The van der Waals surface area contributed by atoms with Crippen LogP contribution in [-0.2, 0) is 11.2 Å². The lowest BCUT2D eigenvalue weighted by Gasteiger charge is -2.30. The fraction of sp³-hybridized carbons (Fsp3) is 0.636. The summed E-state index contributed by atoms with van der Waals surface area (Å²) in [5.41, 5.74) is 0.841. The molecule has 30 heavy (non-hydrogen) atoms. The molecule has 2 atom stereocenters. The smallest absolute Gasteiger partial charge is 0.223 e. The van der Waals surface area contributed by atoms with Crippen molar-refractivity contribution < 1.29 is 14.6 Å². The van der Waals surface area contributed by atoms with Gasteiger partial charge in [-0.1, -0.05) is 12.5 Å². The Morgan fingerprint density at radius 1 is 1.33 bits per heavy atom. The van der Waals surface area contributed by atoms with Crippen molar-refractivity contribution in [2.45, 2.75) is 65.0 Å². The Balaban J connectivity index is 0.00000450. The predicted molar refractivity (Wildman–Crippen MR) is 132 cm³/mol. The normalized spacial score (nSPS) is 19.0. The zero-order valence-corrected chi connectivity index (χ0v) is 20.9. The van der Waals surface area contributed by atoms with E-state index in [0.29, 0.717) is 18.7 Å². The maximum Gasteiger partial charge on any atom is 0.223 e. The van der Waals surface area contributed by atoms with Crippen molar-refractivity contribution >= 4 is 35.8 Å². The summed E-state index contributed by atoms with van der Waals surface area (Å²) in [5, 5.41) is 19.9. The highest BCUT2D eigenvalue weighted by atomic mass is 127. The minimum Gasteiger partial charge on any atom is -0.508 e. The zero-order chi connectivity index (χ0) is 21.2. The largest absolute Gasteiger partial charge is 0.508 e. The molecule has 1 aliphatic carbocycles. The Morgan fingerprint density at radius 3 is 2.73 bits per heavy atom. The molecule has 2 rings (SSSR count). The number of nitrogens with zero attached hydrogens (tertiary/aromatic N) is 1. The lowest BCUT2D eigenvalue weighted by Crippen LogP contribution is -2.47. The molecule has 1 fully saturated rings. The third kappa shape index (κ3) is 8.57. The highest BCUT2D eigenvalue weighted by molar-refractivity contribution is 14.0. The van der Waals surface area contributed by atoms with E-state index in [-0.39, 0.29) is 53.6 Å². The van der Waals surface area contributed by atoms with Crippen molar-refractivity contribution in [1.29, 1.82) is 0 Å². The molecule has 0 aliphatic heterocycles. The van der Waals surface area contributed by atoms with E-state index in [2.05, 4.69) is 20.9 Å². The minimum absolute atomic E-state index is 0. The molecule has 1 saturated carbocycles. The van der Waals surface area contributed by atoms with Gasteiger partial charge in [0.1, 0.15) is 11.5 Å². The number of hydrogen-bond acceptors (Lipinski definition) is 4. The lowest BCUT2D eigenvalue weighted by molar-refractivity contribution is -0.126. The molecular weight excluding hydrogens is 495 g/mol. The molecular formula is C22H37IN4O3. The van der Waals surface area contributed by atoms with Crippen LogP contribution < -0.4 is 20.7 Å². The van der Waals surface area contributed by atoms with Gasteiger partial charge in [0.05, 0.1) is 7.11 Å². The number of hydrogen-bond donors (Lipinski definition) is 4. The van der Waals surface area contributed by atoms with Crippen LogP contribution in [0.2, 0.25) is 0 Å². The minimum atomic E-state index is 0. The first-order chi connectivity index (χ1) is 13.9. The number of nitrogens with one attached hydrogen (secondary N) is 3. The predicted octanol–water partition coefficient (Wildman–Crippen LogP) is 3.20. The Kier molecular flexibility index (Phi) is 11.9. The monoisotopic (exact) mass is 532 g/mol. The number of rotatable bonds is 8. The Morgan fingerprint density at radius 2 is 2.10 bits per heavy atom. The number of aromatic hydroxyl groups is 1. The summed E-state index contributed by atoms with van der Waals surface area (Å²) in [7, 11) is 1.58. The van der Waals surface area contributed by atoms with Gasteiger partial charge in [-0.05, 0) is 58.1 Å². The molecule has 1 aliphatic rings. The van der Waals surface area contributed by atoms with E-state index in [1.165, 1.54) is 0 Å². The standard InChI is InChI=1S/C22H36N4O3.HI/c1-5-23-22(24-12-11-16-9-10-19(29-4)14-20(16)27)26-18-8-6-7-17(13-18)21(28)25-15(2)3;/h9-10,14-15,17-18,27H,5-8,11-13H2,1-4H3,(H,25,28)(H2,23,24,26);1H. The number of amides is 1. The van der Waals surface area contributed by atoms with Crippen LogP contribution in [0.25, 0.3) is 0 Å². The highest BCUT2D eigenvalue weighted by Crippen LogP contribution is 2.25. The number of methoxy groups -OCH3 is 1. The second-order valence-electron chi connectivity index (χ2n) is 7.87. The number of phenols is 1. The van der Waals surface area contributed by atoms with Crippen LogP contribution in [0.5, 0.6) is 11.5 Å². The number of carbonyl (C=O) groups excluding carboxylic acids is 1. The molecule has 0 aromatic heterocycles. The van der Waals surface area contributed by atoms with E-state index in [1.807, 2.05) is 32.9 Å². The van der Waals surface area contributed by atoms with Crippen LogP contribution in [0.1, 0.15) is 52.0 Å². The van der Waals surface area contributed by atoms with Crippen LogP contribution >= 0.6 is 24.0 Å². The van der Waals surface area contributed by atoms with Gasteiger partial charge in [0.2, 0.25) is 5.91 Å². The van der Waals surface area contributed by atoms with Gasteiger partial charge < -0.3 is 25.8 Å². The van der Waals surface area contributed by atoms with Crippen LogP contribution in [-0.4, -0.2) is 49.3 Å². The molecule has 8 heteroatoms. The van der Waals surface area contributed by atoms with Gasteiger partial charge in [-0.3, -0.25) is 9.79 Å². The highest BCUT2D eigenvalue weighted by Gasteiger charge is 2.28. The Hall–Kier alpha value is -1.71. The van der Waals surface area contributed by atoms with Gasteiger partial charge in [-0.2, -0.15) is 0 Å². The van der Waals surface area contributed by atoms with E-state index in [9.17, 15) is 9.90 Å². The molecule has 0 saturated heterocycles. The lowest BCUT2D eigenvalue weighted by atomic mass is 9.85. The molecule has 170 valence electrons. The fourth-order valence-corrected chi connectivity index (χ4v) is 3.64. The number of halogens is 1. The second kappa shape index (κ2) is 13.6.